The molecule has 2 saturated carbocycles. The summed E-state index contributed by atoms with van der Waals surface area (Å²) < 4.78 is 0. The quantitative estimate of drug-likeness (QED) is 0.674. The Morgan fingerprint density at radius 3 is 2.92 bits per heavy atom. The van der Waals surface area contributed by atoms with Crippen molar-refractivity contribution in [1.82, 2.24) is 9.97 Å². The van der Waals surface area contributed by atoms with Gasteiger partial charge in [-0.2, -0.15) is 0 Å². The standard InChI is InChI=1S/C10H14N2/c1-2-8-3-7(1)4-9(8)10-5-11-6-12-10/h5-9H,1-4H2,(H,11,12). The first-order valence-electron chi connectivity index (χ1n) is 4.92. The second-order valence-electron chi connectivity index (χ2n) is 4.29. The largest absolute Gasteiger partial charge is 0.348 e. The number of nitrogens with zero attached hydrogens (tertiary/aromatic N) is 1. The van der Waals surface area contributed by atoms with Gasteiger partial charge in [-0.05, 0) is 31.1 Å². The van der Waals surface area contributed by atoms with E-state index in [-0.39, 0.29) is 0 Å². The highest BCUT2D eigenvalue weighted by Gasteiger charge is 2.40. The van der Waals surface area contributed by atoms with E-state index in [1.54, 1.807) is 6.33 Å². The first-order valence-corrected chi connectivity index (χ1v) is 4.92. The summed E-state index contributed by atoms with van der Waals surface area (Å²) in [5.74, 6) is 2.81. The van der Waals surface area contributed by atoms with Gasteiger partial charge in [0.25, 0.3) is 0 Å². The number of hydrogen-bond donors (Lipinski definition) is 1. The van der Waals surface area contributed by atoms with E-state index in [1.165, 1.54) is 31.4 Å². The molecular formula is C10H14N2. The summed E-state index contributed by atoms with van der Waals surface area (Å²) in [6, 6.07) is 0. The van der Waals surface area contributed by atoms with Crippen molar-refractivity contribution in [2.75, 3.05) is 0 Å². The molecule has 2 aliphatic rings. The van der Waals surface area contributed by atoms with Crippen LogP contribution < -0.4 is 0 Å². The average molecular weight is 162 g/mol. The maximum atomic E-state index is 4.09. The van der Waals surface area contributed by atoms with Gasteiger partial charge in [0.2, 0.25) is 0 Å². The molecule has 64 valence electrons. The second kappa shape index (κ2) is 2.35. The Hall–Kier alpha value is -0.790. The van der Waals surface area contributed by atoms with Gasteiger partial charge in [0.05, 0.1) is 6.33 Å². The maximum absolute atomic E-state index is 4.09. The molecule has 3 unspecified atom stereocenters. The van der Waals surface area contributed by atoms with E-state index in [2.05, 4.69) is 9.97 Å². The number of aromatic amines is 1. The van der Waals surface area contributed by atoms with Crippen molar-refractivity contribution in [2.24, 2.45) is 11.8 Å². The lowest BCUT2D eigenvalue weighted by molar-refractivity contribution is 0.414. The predicted molar refractivity (Wildman–Crippen MR) is 46.8 cm³/mol. The molecule has 0 radical (unpaired) electrons. The van der Waals surface area contributed by atoms with Gasteiger partial charge in [0.1, 0.15) is 0 Å². The number of rotatable bonds is 1. The number of nitrogens with one attached hydrogen (secondary N) is 1. The van der Waals surface area contributed by atoms with E-state index in [0.717, 1.165) is 17.8 Å². The van der Waals surface area contributed by atoms with Crippen LogP contribution in [0.3, 0.4) is 0 Å². The van der Waals surface area contributed by atoms with E-state index in [4.69, 9.17) is 0 Å². The first kappa shape index (κ1) is 6.70. The maximum Gasteiger partial charge on any atom is 0.0921 e. The van der Waals surface area contributed by atoms with Crippen molar-refractivity contribution < 1.29 is 0 Å². The molecule has 1 aromatic rings. The molecule has 2 heteroatoms. The molecule has 2 nitrogen and oxygen atoms in total. The fourth-order valence-corrected chi connectivity index (χ4v) is 3.10. The van der Waals surface area contributed by atoms with Crippen LogP contribution in [0.4, 0.5) is 0 Å². The smallest absolute Gasteiger partial charge is 0.0921 e. The van der Waals surface area contributed by atoms with Gasteiger partial charge in [0.15, 0.2) is 0 Å². The van der Waals surface area contributed by atoms with Crippen LogP contribution in [0, 0.1) is 11.8 Å². The Morgan fingerprint density at radius 2 is 2.33 bits per heavy atom. The van der Waals surface area contributed by atoms with E-state index < -0.39 is 0 Å². The monoisotopic (exact) mass is 162 g/mol. The third-order valence-electron chi connectivity index (χ3n) is 3.66. The van der Waals surface area contributed by atoms with Crippen LogP contribution in [0.15, 0.2) is 12.5 Å². The van der Waals surface area contributed by atoms with Gasteiger partial charge in [0, 0.05) is 17.8 Å². The van der Waals surface area contributed by atoms with Crippen molar-refractivity contribution in [3.8, 4) is 0 Å². The lowest BCUT2D eigenvalue weighted by atomic mass is 9.87. The summed E-state index contributed by atoms with van der Waals surface area (Å²) in [7, 11) is 0. The van der Waals surface area contributed by atoms with Crippen LogP contribution in [0.1, 0.15) is 37.3 Å². The molecule has 0 spiro atoms. The lowest BCUT2D eigenvalue weighted by Gasteiger charge is -2.19. The number of hydrogen-bond acceptors (Lipinski definition) is 1. The highest BCUT2D eigenvalue weighted by Crippen LogP contribution is 2.52. The van der Waals surface area contributed by atoms with Crippen LogP contribution >= 0.6 is 0 Å². The van der Waals surface area contributed by atoms with Gasteiger partial charge >= 0.3 is 0 Å². The van der Waals surface area contributed by atoms with E-state index in [0.29, 0.717) is 0 Å². The fraction of sp³-hybridized carbons (Fsp3) is 0.700. The number of imidazole rings is 1. The molecule has 12 heavy (non-hydrogen) atoms. The van der Waals surface area contributed by atoms with Crippen LogP contribution in [0.5, 0.6) is 0 Å². The molecule has 2 aliphatic carbocycles. The molecule has 3 atom stereocenters. The number of H-pyrrole nitrogens is 1. The van der Waals surface area contributed by atoms with E-state index in [1.807, 2.05) is 6.20 Å². The molecule has 1 heterocycles. The summed E-state index contributed by atoms with van der Waals surface area (Å²) >= 11 is 0. The molecule has 0 aliphatic heterocycles. The Bertz CT molecular complexity index is 265. The summed E-state index contributed by atoms with van der Waals surface area (Å²) in [6.07, 6.45) is 9.63. The van der Waals surface area contributed by atoms with Crippen molar-refractivity contribution >= 4 is 0 Å². The van der Waals surface area contributed by atoms with Gasteiger partial charge in [-0.1, -0.05) is 6.42 Å². The molecule has 1 aromatic heterocycles. The Kier molecular flexibility index (Phi) is 1.31. The zero-order valence-electron chi connectivity index (χ0n) is 7.16. The van der Waals surface area contributed by atoms with Crippen molar-refractivity contribution in [3.63, 3.8) is 0 Å². The lowest BCUT2D eigenvalue weighted by Crippen LogP contribution is -2.08. The van der Waals surface area contributed by atoms with Gasteiger partial charge in [-0.25, -0.2) is 4.98 Å². The Morgan fingerprint density at radius 1 is 1.33 bits per heavy atom. The average Bonchev–Trinajstić information content (AvgIpc) is 2.81. The summed E-state index contributed by atoms with van der Waals surface area (Å²) in [5, 5.41) is 0. The number of aromatic nitrogens is 2. The third kappa shape index (κ3) is 0.838. The minimum absolute atomic E-state index is 0.811. The minimum atomic E-state index is 0.811. The predicted octanol–water partition coefficient (Wildman–Crippen LogP) is 2.31. The molecule has 0 amide bonds. The molecule has 2 fully saturated rings. The van der Waals surface area contributed by atoms with Crippen LogP contribution in [0.2, 0.25) is 0 Å². The van der Waals surface area contributed by atoms with E-state index in [9.17, 15) is 0 Å². The zero-order valence-corrected chi connectivity index (χ0v) is 7.16. The van der Waals surface area contributed by atoms with Gasteiger partial charge in [-0.3, -0.25) is 0 Å². The van der Waals surface area contributed by atoms with Crippen molar-refractivity contribution in [1.29, 1.82) is 0 Å². The van der Waals surface area contributed by atoms with Gasteiger partial charge < -0.3 is 4.98 Å². The fourth-order valence-electron chi connectivity index (χ4n) is 3.10. The Balaban J connectivity index is 1.87. The molecule has 3 rings (SSSR count). The van der Waals surface area contributed by atoms with Crippen LogP contribution in [-0.2, 0) is 0 Å². The van der Waals surface area contributed by atoms with Crippen molar-refractivity contribution in [2.45, 2.75) is 31.6 Å². The molecule has 0 aromatic carbocycles. The zero-order chi connectivity index (χ0) is 7.97. The molecule has 0 saturated heterocycles. The minimum Gasteiger partial charge on any atom is -0.348 e. The first-order chi connectivity index (χ1) is 5.93. The normalized spacial score (nSPS) is 39.2. The Labute approximate surface area is 72.4 Å². The topological polar surface area (TPSA) is 28.7 Å². The highest BCUT2D eigenvalue weighted by atomic mass is 14.9. The van der Waals surface area contributed by atoms with E-state index >= 15 is 0 Å². The molecular weight excluding hydrogens is 148 g/mol. The third-order valence-corrected chi connectivity index (χ3v) is 3.66. The van der Waals surface area contributed by atoms with Crippen LogP contribution in [0.25, 0.3) is 0 Å². The summed E-state index contributed by atoms with van der Waals surface area (Å²) in [6.45, 7) is 0. The second-order valence-corrected chi connectivity index (χ2v) is 4.29. The van der Waals surface area contributed by atoms with Crippen LogP contribution in [-0.4, -0.2) is 9.97 Å². The van der Waals surface area contributed by atoms with Gasteiger partial charge in [-0.15, -0.1) is 0 Å². The summed E-state index contributed by atoms with van der Waals surface area (Å²) in [5.41, 5.74) is 1.38. The SMILES string of the molecule is c1ncc(C2CC3CCC2C3)[nH]1. The molecule has 1 N–H and O–H groups in total. The number of fused-ring (bicyclic) bond motifs is 2. The molecule has 2 bridgehead atoms. The summed E-state index contributed by atoms with van der Waals surface area (Å²) in [4.78, 5) is 7.35. The highest BCUT2D eigenvalue weighted by molar-refractivity contribution is 5.11. The van der Waals surface area contributed by atoms with Crippen molar-refractivity contribution in [3.05, 3.63) is 18.2 Å².